The summed E-state index contributed by atoms with van der Waals surface area (Å²) in [6.45, 7) is 1.84. The summed E-state index contributed by atoms with van der Waals surface area (Å²) >= 11 is 0. The van der Waals surface area contributed by atoms with Crippen LogP contribution >= 0.6 is 0 Å². The zero-order valence-electron chi connectivity index (χ0n) is 12.0. The molecule has 114 valence electrons. The van der Waals surface area contributed by atoms with Gasteiger partial charge in [-0.05, 0) is 18.6 Å². The van der Waals surface area contributed by atoms with Crippen molar-refractivity contribution in [2.45, 2.75) is 18.4 Å². The van der Waals surface area contributed by atoms with Gasteiger partial charge in [-0.2, -0.15) is 0 Å². The molecule has 0 saturated carbocycles. The number of hydrogen-bond acceptors (Lipinski definition) is 5. The van der Waals surface area contributed by atoms with Gasteiger partial charge in [-0.1, -0.05) is 0 Å². The number of rotatable bonds is 6. The number of H-pyrrole nitrogens is 1. The van der Waals surface area contributed by atoms with Crippen molar-refractivity contribution < 1.29 is 17.9 Å². The lowest BCUT2D eigenvalue weighted by atomic mass is 10.2. The van der Waals surface area contributed by atoms with Crippen molar-refractivity contribution in [2.24, 2.45) is 0 Å². The minimum atomic E-state index is -3.66. The average molecular weight is 311 g/mol. The third-order valence-corrected chi connectivity index (χ3v) is 4.52. The van der Waals surface area contributed by atoms with Gasteiger partial charge >= 0.3 is 0 Å². The summed E-state index contributed by atoms with van der Waals surface area (Å²) in [4.78, 5) is 6.82. The van der Waals surface area contributed by atoms with Gasteiger partial charge in [0.15, 0.2) is 11.5 Å². The fourth-order valence-electron chi connectivity index (χ4n) is 1.88. The molecule has 0 spiro atoms. The smallest absolute Gasteiger partial charge is 0.241 e. The van der Waals surface area contributed by atoms with Gasteiger partial charge in [0.05, 0.1) is 32.0 Å². The summed E-state index contributed by atoms with van der Waals surface area (Å²) in [6, 6.07) is 3.08. The largest absolute Gasteiger partial charge is 0.493 e. The Morgan fingerprint density at radius 1 is 1.24 bits per heavy atom. The molecule has 1 heterocycles. The lowest BCUT2D eigenvalue weighted by Crippen LogP contribution is -2.24. The Bertz CT molecular complexity index is 711. The van der Waals surface area contributed by atoms with Gasteiger partial charge in [0.25, 0.3) is 0 Å². The number of sulfonamides is 1. The van der Waals surface area contributed by atoms with Crippen molar-refractivity contribution in [1.82, 2.24) is 14.7 Å². The third-order valence-electron chi connectivity index (χ3n) is 2.98. The van der Waals surface area contributed by atoms with Crippen LogP contribution in [0.4, 0.5) is 0 Å². The van der Waals surface area contributed by atoms with Crippen LogP contribution in [0, 0.1) is 6.92 Å². The Kier molecular flexibility index (Phi) is 4.49. The van der Waals surface area contributed by atoms with E-state index in [2.05, 4.69) is 14.7 Å². The zero-order chi connectivity index (χ0) is 15.5. The molecule has 0 bridgehead atoms. The van der Waals surface area contributed by atoms with Crippen LogP contribution in [0.1, 0.15) is 11.3 Å². The fourth-order valence-corrected chi connectivity index (χ4v) is 3.13. The van der Waals surface area contributed by atoms with Crippen molar-refractivity contribution in [3.05, 3.63) is 35.9 Å². The SMILES string of the molecule is COc1cc(C)c(S(=O)(=O)NCc2cnc[nH]2)cc1OC. The summed E-state index contributed by atoms with van der Waals surface area (Å²) < 4.78 is 37.6. The van der Waals surface area contributed by atoms with E-state index in [9.17, 15) is 8.42 Å². The van der Waals surface area contributed by atoms with E-state index >= 15 is 0 Å². The predicted molar refractivity (Wildman–Crippen MR) is 76.9 cm³/mol. The molecule has 2 aromatic rings. The highest BCUT2D eigenvalue weighted by atomic mass is 32.2. The van der Waals surface area contributed by atoms with Crippen LogP contribution in [-0.2, 0) is 16.6 Å². The maximum Gasteiger partial charge on any atom is 0.241 e. The molecule has 1 aromatic carbocycles. The number of hydrogen-bond donors (Lipinski definition) is 2. The van der Waals surface area contributed by atoms with Crippen LogP contribution in [0.15, 0.2) is 29.6 Å². The van der Waals surface area contributed by atoms with E-state index in [0.29, 0.717) is 22.8 Å². The molecule has 0 atom stereocenters. The number of aromatic amines is 1. The second-order valence-electron chi connectivity index (χ2n) is 4.37. The standard InChI is InChI=1S/C13H17N3O4S/c1-9-4-11(19-2)12(20-3)5-13(9)21(17,18)16-7-10-6-14-8-15-10/h4-6,8,16H,7H2,1-3H3,(H,14,15). The molecule has 0 aliphatic carbocycles. The molecule has 2 rings (SSSR count). The van der Waals surface area contributed by atoms with Gasteiger partial charge < -0.3 is 14.5 Å². The molecule has 21 heavy (non-hydrogen) atoms. The molecule has 0 aliphatic heterocycles. The van der Waals surface area contributed by atoms with Crippen LogP contribution in [0.25, 0.3) is 0 Å². The summed E-state index contributed by atoms with van der Waals surface area (Å²) in [7, 11) is -0.696. The highest BCUT2D eigenvalue weighted by molar-refractivity contribution is 7.89. The molecule has 0 amide bonds. The average Bonchev–Trinajstić information content (AvgIpc) is 2.98. The Morgan fingerprint density at radius 3 is 2.48 bits per heavy atom. The molecule has 8 heteroatoms. The molecule has 0 fully saturated rings. The number of imidazole rings is 1. The van der Waals surface area contributed by atoms with E-state index in [1.54, 1.807) is 19.2 Å². The highest BCUT2D eigenvalue weighted by Crippen LogP contribution is 2.32. The maximum atomic E-state index is 12.4. The summed E-state index contributed by atoms with van der Waals surface area (Å²) in [5, 5.41) is 0. The number of nitrogens with one attached hydrogen (secondary N) is 2. The number of aromatic nitrogens is 2. The van der Waals surface area contributed by atoms with Gasteiger partial charge in [-0.3, -0.25) is 0 Å². The molecular weight excluding hydrogens is 294 g/mol. The van der Waals surface area contributed by atoms with Gasteiger partial charge in [0.2, 0.25) is 10.0 Å². The van der Waals surface area contributed by atoms with Crippen LogP contribution in [0.5, 0.6) is 11.5 Å². The first-order valence-corrected chi connectivity index (χ1v) is 7.66. The zero-order valence-corrected chi connectivity index (χ0v) is 12.8. The summed E-state index contributed by atoms with van der Waals surface area (Å²) in [5.74, 6) is 0.854. The lowest BCUT2D eigenvalue weighted by Gasteiger charge is -2.13. The first-order valence-electron chi connectivity index (χ1n) is 6.17. The van der Waals surface area contributed by atoms with Crippen LogP contribution in [-0.4, -0.2) is 32.6 Å². The normalized spacial score (nSPS) is 11.4. The number of benzene rings is 1. The number of methoxy groups -OCH3 is 2. The molecule has 2 N–H and O–H groups in total. The first-order chi connectivity index (χ1) is 9.97. The molecule has 0 radical (unpaired) electrons. The molecule has 0 aliphatic rings. The summed E-state index contributed by atoms with van der Waals surface area (Å²) in [5.41, 5.74) is 1.25. The fraction of sp³-hybridized carbons (Fsp3) is 0.308. The first kappa shape index (κ1) is 15.3. The Hall–Kier alpha value is -2.06. The van der Waals surface area contributed by atoms with E-state index in [1.165, 1.54) is 26.6 Å². The van der Waals surface area contributed by atoms with Gasteiger partial charge in [-0.25, -0.2) is 18.1 Å². The minimum Gasteiger partial charge on any atom is -0.493 e. The predicted octanol–water partition coefficient (Wildman–Crippen LogP) is 1.21. The highest BCUT2D eigenvalue weighted by Gasteiger charge is 2.20. The quantitative estimate of drug-likeness (QED) is 0.836. The van der Waals surface area contributed by atoms with Crippen molar-refractivity contribution in [2.75, 3.05) is 14.2 Å². The second-order valence-corrected chi connectivity index (χ2v) is 6.11. The third kappa shape index (κ3) is 3.34. The molecule has 7 nitrogen and oxygen atoms in total. The van der Waals surface area contributed by atoms with Crippen molar-refractivity contribution in [3.8, 4) is 11.5 Å². The van der Waals surface area contributed by atoms with E-state index in [1.807, 2.05) is 0 Å². The number of nitrogens with zero attached hydrogens (tertiary/aromatic N) is 1. The van der Waals surface area contributed by atoms with Gasteiger partial charge in [0, 0.05) is 18.0 Å². The Morgan fingerprint density at radius 2 is 1.90 bits per heavy atom. The number of ether oxygens (including phenoxy) is 2. The molecule has 0 unspecified atom stereocenters. The molecular formula is C13H17N3O4S. The van der Waals surface area contributed by atoms with Crippen molar-refractivity contribution in [3.63, 3.8) is 0 Å². The Balaban J connectivity index is 2.31. The molecule has 1 aromatic heterocycles. The Labute approximate surface area is 123 Å². The van der Waals surface area contributed by atoms with Crippen LogP contribution in [0.2, 0.25) is 0 Å². The monoisotopic (exact) mass is 311 g/mol. The van der Waals surface area contributed by atoms with E-state index in [4.69, 9.17) is 9.47 Å². The van der Waals surface area contributed by atoms with Crippen molar-refractivity contribution >= 4 is 10.0 Å². The number of aryl methyl sites for hydroxylation is 1. The molecule has 0 saturated heterocycles. The van der Waals surface area contributed by atoms with E-state index in [0.717, 1.165) is 0 Å². The second kappa shape index (κ2) is 6.15. The maximum absolute atomic E-state index is 12.4. The van der Waals surface area contributed by atoms with E-state index < -0.39 is 10.0 Å². The summed E-state index contributed by atoms with van der Waals surface area (Å²) in [6.07, 6.45) is 3.05. The van der Waals surface area contributed by atoms with E-state index in [-0.39, 0.29) is 11.4 Å². The topological polar surface area (TPSA) is 93.3 Å². The van der Waals surface area contributed by atoms with Crippen LogP contribution in [0.3, 0.4) is 0 Å². The van der Waals surface area contributed by atoms with Gasteiger partial charge in [0.1, 0.15) is 0 Å². The lowest BCUT2D eigenvalue weighted by molar-refractivity contribution is 0.353. The van der Waals surface area contributed by atoms with Crippen molar-refractivity contribution in [1.29, 1.82) is 0 Å². The minimum absolute atomic E-state index is 0.135. The van der Waals surface area contributed by atoms with Crippen LogP contribution < -0.4 is 14.2 Å². The van der Waals surface area contributed by atoms with Gasteiger partial charge in [-0.15, -0.1) is 0 Å².